The van der Waals surface area contributed by atoms with Crippen LogP contribution >= 0.6 is 0 Å². The summed E-state index contributed by atoms with van der Waals surface area (Å²) >= 11 is 0. The Morgan fingerprint density at radius 3 is 2.97 bits per heavy atom. The minimum atomic E-state index is -0.341. The molecule has 29 heavy (non-hydrogen) atoms. The number of rotatable bonds is 6. The number of ether oxygens (including phenoxy) is 1. The first-order valence-electron chi connectivity index (χ1n) is 10.2. The van der Waals surface area contributed by atoms with Crippen LogP contribution in [0.2, 0.25) is 0 Å². The third-order valence-corrected chi connectivity index (χ3v) is 5.15. The van der Waals surface area contributed by atoms with Crippen LogP contribution in [0.4, 0.5) is 22.1 Å². The van der Waals surface area contributed by atoms with Crippen LogP contribution in [0.3, 0.4) is 0 Å². The molecule has 1 aliphatic heterocycles. The largest absolute Gasteiger partial charge is 0.446 e. The first-order valence-corrected chi connectivity index (χ1v) is 10.2. The molecule has 2 aromatic heterocycles. The molecule has 3 N–H and O–H groups in total. The van der Waals surface area contributed by atoms with Crippen molar-refractivity contribution in [1.82, 2.24) is 20.5 Å². The molecule has 1 aliphatic carbocycles. The number of nitrogens with zero attached hydrogens (tertiary/aromatic N) is 3. The Labute approximate surface area is 170 Å². The number of nitrogens with one attached hydrogen (secondary N) is 3. The summed E-state index contributed by atoms with van der Waals surface area (Å²) in [4.78, 5) is 21.8. The molecule has 0 spiro atoms. The molecule has 1 saturated heterocycles. The number of carbonyl (C=O) groups excluding carboxylic acids is 1. The van der Waals surface area contributed by atoms with E-state index in [0.717, 1.165) is 61.9 Å². The standard InChI is InChI=1S/C20H28N6O3/c1-13(2)22-20(27)29-16-6-4-14(10-16)17-11-19(25-24-17)23-18-7-5-15(12-21-18)26-8-3-9-28-26/h5,7,11-14,16H,3-4,6,8-10H2,1-2H3,(H,22,27)(H2,21,23,24,25)/t14-,16+/m1/s1. The fourth-order valence-electron chi connectivity index (χ4n) is 3.75. The van der Waals surface area contributed by atoms with Gasteiger partial charge in [0.05, 0.1) is 18.5 Å². The molecular formula is C20H28N6O3. The number of pyridine rings is 1. The van der Waals surface area contributed by atoms with Gasteiger partial charge in [-0.05, 0) is 51.7 Å². The Bertz CT molecular complexity index is 816. The van der Waals surface area contributed by atoms with Crippen molar-refractivity contribution in [2.45, 2.75) is 57.6 Å². The summed E-state index contributed by atoms with van der Waals surface area (Å²) in [5, 5.41) is 15.3. The van der Waals surface area contributed by atoms with Crippen molar-refractivity contribution in [3.8, 4) is 0 Å². The Morgan fingerprint density at radius 1 is 1.34 bits per heavy atom. The van der Waals surface area contributed by atoms with E-state index in [9.17, 15) is 4.79 Å². The van der Waals surface area contributed by atoms with Crippen LogP contribution in [0.1, 0.15) is 51.1 Å². The van der Waals surface area contributed by atoms with E-state index in [-0.39, 0.29) is 18.2 Å². The minimum Gasteiger partial charge on any atom is -0.446 e. The average molecular weight is 400 g/mol. The number of hydroxylamine groups is 1. The van der Waals surface area contributed by atoms with Crippen LogP contribution in [-0.2, 0) is 9.57 Å². The van der Waals surface area contributed by atoms with Gasteiger partial charge < -0.3 is 15.4 Å². The van der Waals surface area contributed by atoms with Gasteiger partial charge in [-0.25, -0.2) is 9.78 Å². The first kappa shape index (κ1) is 19.5. The molecule has 2 aromatic rings. The Balaban J connectivity index is 1.30. The highest BCUT2D eigenvalue weighted by Crippen LogP contribution is 2.36. The van der Waals surface area contributed by atoms with Crippen LogP contribution in [0, 0.1) is 0 Å². The molecule has 2 aliphatic rings. The van der Waals surface area contributed by atoms with Crippen molar-refractivity contribution in [1.29, 1.82) is 0 Å². The monoisotopic (exact) mass is 400 g/mol. The summed E-state index contributed by atoms with van der Waals surface area (Å²) in [6.45, 7) is 5.48. The predicted octanol–water partition coefficient (Wildman–Crippen LogP) is 3.46. The van der Waals surface area contributed by atoms with Crippen molar-refractivity contribution < 1.29 is 14.4 Å². The van der Waals surface area contributed by atoms with Crippen LogP contribution in [0.25, 0.3) is 0 Å². The van der Waals surface area contributed by atoms with Crippen molar-refractivity contribution in [3.63, 3.8) is 0 Å². The van der Waals surface area contributed by atoms with Gasteiger partial charge in [-0.2, -0.15) is 5.10 Å². The van der Waals surface area contributed by atoms with Crippen molar-refractivity contribution in [2.75, 3.05) is 23.5 Å². The van der Waals surface area contributed by atoms with Gasteiger partial charge in [0.1, 0.15) is 11.9 Å². The van der Waals surface area contributed by atoms with Gasteiger partial charge >= 0.3 is 6.09 Å². The number of hydrogen-bond donors (Lipinski definition) is 3. The Hall–Kier alpha value is -2.81. The molecular weight excluding hydrogens is 372 g/mol. The van der Waals surface area contributed by atoms with Gasteiger partial charge in [-0.15, -0.1) is 0 Å². The van der Waals surface area contributed by atoms with Crippen LogP contribution < -0.4 is 15.7 Å². The normalized spacial score (nSPS) is 21.6. The second-order valence-electron chi connectivity index (χ2n) is 7.86. The quantitative estimate of drug-likeness (QED) is 0.682. The molecule has 0 aromatic carbocycles. The second-order valence-corrected chi connectivity index (χ2v) is 7.86. The van der Waals surface area contributed by atoms with Crippen molar-refractivity contribution in [2.24, 2.45) is 0 Å². The second kappa shape index (κ2) is 8.69. The zero-order valence-corrected chi connectivity index (χ0v) is 16.9. The highest BCUT2D eigenvalue weighted by molar-refractivity contribution is 5.67. The lowest BCUT2D eigenvalue weighted by molar-refractivity contribution is 0.0981. The third kappa shape index (κ3) is 4.97. The fraction of sp³-hybridized carbons (Fsp3) is 0.550. The molecule has 4 rings (SSSR count). The van der Waals surface area contributed by atoms with E-state index in [0.29, 0.717) is 5.92 Å². The number of H-pyrrole nitrogens is 1. The van der Waals surface area contributed by atoms with E-state index in [1.807, 2.05) is 37.1 Å². The predicted molar refractivity (Wildman–Crippen MR) is 109 cm³/mol. The highest BCUT2D eigenvalue weighted by atomic mass is 16.7. The van der Waals surface area contributed by atoms with Gasteiger partial charge in [0.15, 0.2) is 5.82 Å². The van der Waals surface area contributed by atoms with Gasteiger partial charge in [0.25, 0.3) is 0 Å². The summed E-state index contributed by atoms with van der Waals surface area (Å²) in [5.41, 5.74) is 2.00. The molecule has 2 atom stereocenters. The number of aromatic amines is 1. The molecule has 2 fully saturated rings. The summed E-state index contributed by atoms with van der Waals surface area (Å²) in [7, 11) is 0. The van der Waals surface area contributed by atoms with Gasteiger partial charge in [-0.1, -0.05) is 0 Å². The topological polar surface area (TPSA) is 104 Å². The van der Waals surface area contributed by atoms with E-state index in [1.165, 1.54) is 0 Å². The SMILES string of the molecule is CC(C)NC(=O)O[C@H]1CC[C@@H](c2cc(Nc3ccc(N4CCCO4)cn3)n[nH]2)C1. The lowest BCUT2D eigenvalue weighted by Gasteiger charge is -2.15. The zero-order chi connectivity index (χ0) is 20.2. The fourth-order valence-corrected chi connectivity index (χ4v) is 3.75. The zero-order valence-electron chi connectivity index (χ0n) is 16.9. The maximum atomic E-state index is 11.8. The van der Waals surface area contributed by atoms with Crippen LogP contribution in [0.15, 0.2) is 24.4 Å². The van der Waals surface area contributed by atoms with E-state index < -0.39 is 0 Å². The van der Waals surface area contributed by atoms with Crippen molar-refractivity contribution >= 4 is 23.4 Å². The number of anilines is 3. The third-order valence-electron chi connectivity index (χ3n) is 5.15. The highest BCUT2D eigenvalue weighted by Gasteiger charge is 2.30. The first-order chi connectivity index (χ1) is 14.1. The summed E-state index contributed by atoms with van der Waals surface area (Å²) in [6.07, 6.45) is 5.06. The van der Waals surface area contributed by atoms with E-state index in [1.54, 1.807) is 6.20 Å². The molecule has 0 radical (unpaired) electrons. The molecule has 156 valence electrons. The lowest BCUT2D eigenvalue weighted by Crippen LogP contribution is -2.33. The summed E-state index contributed by atoms with van der Waals surface area (Å²) in [5.74, 6) is 1.75. The van der Waals surface area contributed by atoms with Crippen LogP contribution in [0.5, 0.6) is 0 Å². The number of carbonyl (C=O) groups is 1. The molecule has 1 amide bonds. The Morgan fingerprint density at radius 2 is 2.24 bits per heavy atom. The molecule has 3 heterocycles. The number of alkyl carbamates (subject to hydrolysis) is 1. The number of amides is 1. The molecule has 1 saturated carbocycles. The smallest absolute Gasteiger partial charge is 0.407 e. The number of aromatic nitrogens is 3. The van der Waals surface area contributed by atoms with E-state index in [4.69, 9.17) is 9.57 Å². The van der Waals surface area contributed by atoms with E-state index >= 15 is 0 Å². The summed E-state index contributed by atoms with van der Waals surface area (Å²) < 4.78 is 5.51. The Kier molecular flexibility index (Phi) is 5.84. The molecule has 9 nitrogen and oxygen atoms in total. The van der Waals surface area contributed by atoms with Gasteiger partial charge in [-0.3, -0.25) is 15.0 Å². The summed E-state index contributed by atoms with van der Waals surface area (Å²) in [6, 6.07) is 5.97. The van der Waals surface area contributed by atoms with Gasteiger partial charge in [0.2, 0.25) is 0 Å². The molecule has 9 heteroatoms. The maximum Gasteiger partial charge on any atom is 0.407 e. The molecule has 0 bridgehead atoms. The lowest BCUT2D eigenvalue weighted by atomic mass is 10.0. The van der Waals surface area contributed by atoms with E-state index in [2.05, 4.69) is 25.8 Å². The maximum absolute atomic E-state index is 11.8. The molecule has 0 unspecified atom stereocenters. The number of hydrogen-bond acceptors (Lipinski definition) is 7. The van der Waals surface area contributed by atoms with Crippen molar-refractivity contribution in [3.05, 3.63) is 30.1 Å². The van der Waals surface area contributed by atoms with Gasteiger partial charge in [0, 0.05) is 30.3 Å². The average Bonchev–Trinajstić information content (AvgIpc) is 3.43. The van der Waals surface area contributed by atoms with Crippen LogP contribution in [-0.4, -0.2) is 46.6 Å². The minimum absolute atomic E-state index is 0.0551.